The summed E-state index contributed by atoms with van der Waals surface area (Å²) >= 11 is 0. The van der Waals surface area contributed by atoms with Crippen molar-refractivity contribution in [2.45, 2.75) is 33.3 Å². The Hall–Kier alpha value is -1.94. The normalized spacial score (nSPS) is 12.2. The molecule has 0 fully saturated rings. The summed E-state index contributed by atoms with van der Waals surface area (Å²) in [6, 6.07) is 8.08. The Morgan fingerprint density at radius 3 is 2.55 bits per heavy atom. The SMILES string of the molecule is CCc1nc(C)ccc1Oc1ccc([C@H](C)O)cc1F. The van der Waals surface area contributed by atoms with E-state index in [1.807, 2.05) is 19.9 Å². The molecule has 0 spiro atoms. The van der Waals surface area contributed by atoms with Crippen LogP contribution in [0.3, 0.4) is 0 Å². The lowest BCUT2D eigenvalue weighted by molar-refractivity contribution is 0.198. The van der Waals surface area contributed by atoms with Crippen LogP contribution in [-0.2, 0) is 6.42 Å². The molecule has 1 atom stereocenters. The van der Waals surface area contributed by atoms with Gasteiger partial charge >= 0.3 is 0 Å². The van der Waals surface area contributed by atoms with Crippen LogP contribution >= 0.6 is 0 Å². The van der Waals surface area contributed by atoms with Crippen LogP contribution in [-0.4, -0.2) is 10.1 Å². The smallest absolute Gasteiger partial charge is 0.166 e. The quantitative estimate of drug-likeness (QED) is 0.919. The molecule has 0 aliphatic heterocycles. The fourth-order valence-corrected chi connectivity index (χ4v) is 1.92. The Bertz CT molecular complexity index is 611. The maximum Gasteiger partial charge on any atom is 0.166 e. The highest BCUT2D eigenvalue weighted by molar-refractivity contribution is 5.37. The lowest BCUT2D eigenvalue weighted by Crippen LogP contribution is -1.98. The minimum Gasteiger partial charge on any atom is -0.452 e. The van der Waals surface area contributed by atoms with E-state index in [1.54, 1.807) is 19.1 Å². The summed E-state index contributed by atoms with van der Waals surface area (Å²) < 4.78 is 19.6. The maximum atomic E-state index is 14.0. The van der Waals surface area contributed by atoms with Crippen LogP contribution in [0.5, 0.6) is 11.5 Å². The Morgan fingerprint density at radius 1 is 1.25 bits per heavy atom. The van der Waals surface area contributed by atoms with E-state index in [1.165, 1.54) is 12.1 Å². The van der Waals surface area contributed by atoms with Crippen LogP contribution in [0, 0.1) is 12.7 Å². The van der Waals surface area contributed by atoms with Crippen LogP contribution in [0.2, 0.25) is 0 Å². The molecule has 1 N–H and O–H groups in total. The molecule has 0 radical (unpaired) electrons. The van der Waals surface area contributed by atoms with Gasteiger partial charge in [-0.1, -0.05) is 13.0 Å². The van der Waals surface area contributed by atoms with E-state index >= 15 is 0 Å². The number of aryl methyl sites for hydroxylation is 2. The van der Waals surface area contributed by atoms with Crippen LogP contribution in [0.25, 0.3) is 0 Å². The average molecular weight is 275 g/mol. The third kappa shape index (κ3) is 3.14. The van der Waals surface area contributed by atoms with Crippen molar-refractivity contribution in [1.29, 1.82) is 0 Å². The van der Waals surface area contributed by atoms with Gasteiger partial charge in [0, 0.05) is 5.69 Å². The van der Waals surface area contributed by atoms with Crippen molar-refractivity contribution < 1.29 is 14.2 Å². The highest BCUT2D eigenvalue weighted by atomic mass is 19.1. The zero-order valence-corrected chi connectivity index (χ0v) is 11.9. The van der Waals surface area contributed by atoms with E-state index in [0.717, 1.165) is 11.4 Å². The Labute approximate surface area is 118 Å². The summed E-state index contributed by atoms with van der Waals surface area (Å²) in [7, 11) is 0. The van der Waals surface area contributed by atoms with Gasteiger partial charge in [-0.3, -0.25) is 4.98 Å². The molecule has 0 saturated heterocycles. The minimum atomic E-state index is -0.703. The van der Waals surface area contributed by atoms with E-state index in [-0.39, 0.29) is 5.75 Å². The molecule has 0 amide bonds. The second kappa shape index (κ2) is 6.01. The molecule has 0 aliphatic rings. The molecule has 1 heterocycles. The number of nitrogens with zero attached hydrogens (tertiary/aromatic N) is 1. The fourth-order valence-electron chi connectivity index (χ4n) is 1.92. The second-order valence-electron chi connectivity index (χ2n) is 4.72. The van der Waals surface area contributed by atoms with Gasteiger partial charge in [-0.2, -0.15) is 0 Å². The molecule has 20 heavy (non-hydrogen) atoms. The Balaban J connectivity index is 2.30. The predicted molar refractivity (Wildman–Crippen MR) is 75.5 cm³/mol. The number of rotatable bonds is 4. The molecule has 1 aromatic carbocycles. The molecule has 2 aromatic rings. The molecule has 106 valence electrons. The third-order valence-corrected chi connectivity index (χ3v) is 3.06. The standard InChI is InChI=1S/C16H18FNO2/c1-4-14-16(7-5-10(2)18-14)20-15-8-6-12(11(3)19)9-13(15)17/h5-9,11,19H,4H2,1-3H3/t11-/m0/s1. The highest BCUT2D eigenvalue weighted by Crippen LogP contribution is 2.29. The van der Waals surface area contributed by atoms with Gasteiger partial charge in [-0.05, 0) is 50.1 Å². The van der Waals surface area contributed by atoms with Gasteiger partial charge in [0.1, 0.15) is 5.75 Å². The summed E-state index contributed by atoms with van der Waals surface area (Å²) in [4.78, 5) is 4.38. The number of pyridine rings is 1. The third-order valence-electron chi connectivity index (χ3n) is 3.06. The number of benzene rings is 1. The van der Waals surface area contributed by atoms with Crippen molar-refractivity contribution >= 4 is 0 Å². The number of aliphatic hydroxyl groups excluding tert-OH is 1. The molecule has 2 rings (SSSR count). The first-order chi connectivity index (χ1) is 9.51. The van der Waals surface area contributed by atoms with E-state index in [2.05, 4.69) is 4.98 Å². The van der Waals surface area contributed by atoms with Crippen LogP contribution in [0.1, 0.15) is 36.9 Å². The number of aliphatic hydroxyl groups is 1. The second-order valence-corrected chi connectivity index (χ2v) is 4.72. The van der Waals surface area contributed by atoms with Crippen LogP contribution in [0.15, 0.2) is 30.3 Å². The first-order valence-electron chi connectivity index (χ1n) is 6.63. The number of hydrogen-bond acceptors (Lipinski definition) is 3. The monoisotopic (exact) mass is 275 g/mol. The Morgan fingerprint density at radius 2 is 1.95 bits per heavy atom. The van der Waals surface area contributed by atoms with Crippen LogP contribution in [0.4, 0.5) is 4.39 Å². The van der Waals surface area contributed by atoms with Crippen molar-refractivity contribution in [1.82, 2.24) is 4.98 Å². The van der Waals surface area contributed by atoms with Crippen molar-refractivity contribution in [2.75, 3.05) is 0 Å². The molecule has 0 bridgehead atoms. The van der Waals surface area contributed by atoms with Crippen molar-refractivity contribution in [3.05, 3.63) is 53.1 Å². The van der Waals surface area contributed by atoms with Gasteiger partial charge in [-0.25, -0.2) is 4.39 Å². The van der Waals surface area contributed by atoms with E-state index in [0.29, 0.717) is 17.7 Å². The maximum absolute atomic E-state index is 14.0. The molecule has 0 aliphatic carbocycles. The highest BCUT2D eigenvalue weighted by Gasteiger charge is 2.11. The summed E-state index contributed by atoms with van der Waals surface area (Å²) in [6.07, 6.45) is 0.00972. The van der Waals surface area contributed by atoms with E-state index in [9.17, 15) is 9.50 Å². The van der Waals surface area contributed by atoms with E-state index < -0.39 is 11.9 Å². The van der Waals surface area contributed by atoms with Gasteiger partial charge in [0.05, 0.1) is 11.8 Å². The van der Waals surface area contributed by atoms with E-state index in [4.69, 9.17) is 4.74 Å². The fraction of sp³-hybridized carbons (Fsp3) is 0.312. The lowest BCUT2D eigenvalue weighted by Gasteiger charge is -2.12. The first kappa shape index (κ1) is 14.5. The molecule has 0 unspecified atom stereocenters. The van der Waals surface area contributed by atoms with Crippen molar-refractivity contribution in [3.8, 4) is 11.5 Å². The number of aromatic nitrogens is 1. The van der Waals surface area contributed by atoms with Gasteiger partial charge in [0.15, 0.2) is 11.6 Å². The summed E-state index contributed by atoms with van der Waals surface area (Å²) in [5.74, 6) is 0.197. The topological polar surface area (TPSA) is 42.4 Å². The predicted octanol–water partition coefficient (Wildman–Crippen LogP) is 3.94. The average Bonchev–Trinajstić information content (AvgIpc) is 2.42. The molecular weight excluding hydrogens is 257 g/mol. The van der Waals surface area contributed by atoms with Gasteiger partial charge < -0.3 is 9.84 Å². The zero-order valence-electron chi connectivity index (χ0n) is 11.9. The lowest BCUT2D eigenvalue weighted by atomic mass is 10.1. The summed E-state index contributed by atoms with van der Waals surface area (Å²) in [5.41, 5.74) is 2.22. The molecular formula is C16H18FNO2. The van der Waals surface area contributed by atoms with Crippen molar-refractivity contribution in [2.24, 2.45) is 0 Å². The van der Waals surface area contributed by atoms with Gasteiger partial charge in [0.2, 0.25) is 0 Å². The summed E-state index contributed by atoms with van der Waals surface area (Å²) in [6.45, 7) is 5.47. The zero-order chi connectivity index (χ0) is 14.7. The molecule has 1 aromatic heterocycles. The largest absolute Gasteiger partial charge is 0.452 e. The number of hydrogen-bond donors (Lipinski definition) is 1. The molecule has 4 heteroatoms. The summed E-state index contributed by atoms with van der Waals surface area (Å²) in [5, 5.41) is 9.42. The van der Waals surface area contributed by atoms with Gasteiger partial charge in [0.25, 0.3) is 0 Å². The minimum absolute atomic E-state index is 0.134. The number of ether oxygens (including phenoxy) is 1. The van der Waals surface area contributed by atoms with Crippen molar-refractivity contribution in [3.63, 3.8) is 0 Å². The molecule has 3 nitrogen and oxygen atoms in total. The number of halogens is 1. The molecule has 0 saturated carbocycles. The van der Waals surface area contributed by atoms with Crippen LogP contribution < -0.4 is 4.74 Å². The Kier molecular flexibility index (Phi) is 4.35. The first-order valence-corrected chi connectivity index (χ1v) is 6.63. The van der Waals surface area contributed by atoms with Gasteiger partial charge in [-0.15, -0.1) is 0 Å².